The van der Waals surface area contributed by atoms with Gasteiger partial charge < -0.3 is 9.64 Å². The third-order valence-corrected chi connectivity index (χ3v) is 6.73. The van der Waals surface area contributed by atoms with E-state index in [1.807, 2.05) is 31.2 Å². The molecule has 0 saturated carbocycles. The van der Waals surface area contributed by atoms with Crippen molar-refractivity contribution in [2.45, 2.75) is 36.7 Å². The Labute approximate surface area is 222 Å². The molecule has 0 N–H and O–H groups in total. The van der Waals surface area contributed by atoms with Gasteiger partial charge in [0.15, 0.2) is 0 Å². The van der Waals surface area contributed by atoms with Crippen LogP contribution in [0.2, 0.25) is 0 Å². The fourth-order valence-corrected chi connectivity index (χ4v) is 4.60. The summed E-state index contributed by atoms with van der Waals surface area (Å²) in [5.41, 5.74) is -0.132. The van der Waals surface area contributed by atoms with Crippen molar-refractivity contribution in [3.05, 3.63) is 82.0 Å². The van der Waals surface area contributed by atoms with Crippen LogP contribution >= 0.6 is 22.6 Å². The topological polar surface area (TPSA) is 42.4 Å². The summed E-state index contributed by atoms with van der Waals surface area (Å²) in [7, 11) is 0. The molecule has 0 fully saturated rings. The second kappa shape index (κ2) is 10.5. The van der Waals surface area contributed by atoms with E-state index in [4.69, 9.17) is 4.74 Å². The molecule has 2 heterocycles. The lowest BCUT2D eigenvalue weighted by Gasteiger charge is -2.28. The second-order valence-corrected chi connectivity index (χ2v) is 9.40. The third-order valence-electron chi connectivity index (χ3n) is 5.94. The van der Waals surface area contributed by atoms with Crippen LogP contribution in [0.3, 0.4) is 0 Å². The predicted molar refractivity (Wildman–Crippen MR) is 133 cm³/mol. The maximum Gasteiger partial charge on any atom is 0.416 e. The molecule has 37 heavy (non-hydrogen) atoms. The number of fused-ring (bicyclic) bond motifs is 1. The third kappa shape index (κ3) is 6.02. The molecule has 0 radical (unpaired) electrons. The van der Waals surface area contributed by atoms with Gasteiger partial charge in [-0.3, -0.25) is 4.79 Å². The summed E-state index contributed by atoms with van der Waals surface area (Å²) >= 11 is 2.14. The van der Waals surface area contributed by atoms with Gasteiger partial charge in [-0.25, -0.2) is 4.98 Å². The number of halogens is 7. The molecule has 0 atom stereocenters. The van der Waals surface area contributed by atoms with E-state index < -0.39 is 35.9 Å². The number of benzene rings is 2. The highest BCUT2D eigenvalue weighted by Crippen LogP contribution is 2.38. The van der Waals surface area contributed by atoms with Crippen LogP contribution in [0.4, 0.5) is 26.3 Å². The largest absolute Gasteiger partial charge is 0.477 e. The van der Waals surface area contributed by atoms with Gasteiger partial charge in [0.1, 0.15) is 5.56 Å². The van der Waals surface area contributed by atoms with Crippen LogP contribution in [-0.4, -0.2) is 28.9 Å². The minimum atomic E-state index is -4.98. The van der Waals surface area contributed by atoms with Gasteiger partial charge in [-0.15, -0.1) is 0 Å². The molecule has 196 valence electrons. The zero-order valence-corrected chi connectivity index (χ0v) is 21.7. The number of nitrogens with zero attached hydrogens (tertiary/aromatic N) is 2. The number of ether oxygens (including phenoxy) is 1. The highest BCUT2D eigenvalue weighted by molar-refractivity contribution is 14.1. The SMILES string of the molecule is Cc1ccccc1-c1cc(CI)nc2c1C(=O)N(Cc1cc(C(F)(F)F)cc(C(F)(F)F)c1)CCCO2. The lowest BCUT2D eigenvalue weighted by Crippen LogP contribution is -2.35. The number of carbonyl (C=O) groups excluding carboxylic acids is 1. The van der Waals surface area contributed by atoms with E-state index in [1.165, 1.54) is 4.90 Å². The average molecular weight is 634 g/mol. The first kappa shape index (κ1) is 27.2. The molecule has 0 spiro atoms. The van der Waals surface area contributed by atoms with Crippen molar-refractivity contribution in [3.63, 3.8) is 0 Å². The van der Waals surface area contributed by atoms with Crippen molar-refractivity contribution >= 4 is 28.5 Å². The van der Waals surface area contributed by atoms with Crippen molar-refractivity contribution in [3.8, 4) is 17.0 Å². The minimum absolute atomic E-state index is 0.0771. The molecule has 1 amide bonds. The molecular formula is C26H21F6IN2O2. The number of carbonyl (C=O) groups is 1. The highest BCUT2D eigenvalue weighted by Gasteiger charge is 2.37. The Balaban J connectivity index is 1.82. The Morgan fingerprint density at radius 1 is 0.973 bits per heavy atom. The molecule has 0 bridgehead atoms. The zero-order valence-electron chi connectivity index (χ0n) is 19.5. The van der Waals surface area contributed by atoms with Gasteiger partial charge in [-0.2, -0.15) is 26.3 Å². The number of hydrogen-bond donors (Lipinski definition) is 0. The molecule has 1 aliphatic rings. The average Bonchev–Trinajstić information content (AvgIpc) is 2.83. The molecule has 1 aromatic heterocycles. The van der Waals surface area contributed by atoms with Crippen LogP contribution in [0.25, 0.3) is 11.1 Å². The Bertz CT molecular complexity index is 1290. The van der Waals surface area contributed by atoms with Crippen molar-refractivity contribution < 1.29 is 35.9 Å². The summed E-state index contributed by atoms with van der Waals surface area (Å²) in [6.07, 6.45) is -9.63. The summed E-state index contributed by atoms with van der Waals surface area (Å²) in [6, 6.07) is 10.5. The predicted octanol–water partition coefficient (Wildman–Crippen LogP) is 7.45. The van der Waals surface area contributed by atoms with Crippen molar-refractivity contribution in [1.82, 2.24) is 9.88 Å². The van der Waals surface area contributed by atoms with Gasteiger partial charge >= 0.3 is 12.4 Å². The Morgan fingerprint density at radius 3 is 2.22 bits per heavy atom. The van der Waals surface area contributed by atoms with Gasteiger partial charge in [-0.1, -0.05) is 46.9 Å². The molecule has 0 unspecified atom stereocenters. The number of amides is 1. The van der Waals surface area contributed by atoms with Crippen LogP contribution in [0.1, 0.15) is 44.7 Å². The normalized spacial score (nSPS) is 14.6. The van der Waals surface area contributed by atoms with E-state index in [1.54, 1.807) is 6.07 Å². The second-order valence-electron chi connectivity index (χ2n) is 8.63. The number of aromatic nitrogens is 1. The van der Waals surface area contributed by atoms with Crippen LogP contribution in [-0.2, 0) is 23.3 Å². The number of pyridine rings is 1. The lowest BCUT2D eigenvalue weighted by atomic mass is 9.95. The molecule has 4 rings (SSSR count). The van der Waals surface area contributed by atoms with E-state index in [-0.39, 0.29) is 36.2 Å². The number of hydrogen-bond acceptors (Lipinski definition) is 3. The molecule has 1 aliphatic heterocycles. The standard InChI is InChI=1S/C26H21F6IN2O2/c1-15-5-2-3-6-20(15)21-12-19(13-33)34-23-22(21)24(36)35(7-4-8-37-23)14-16-9-17(25(27,28)29)11-18(10-16)26(30,31)32/h2-3,5-6,9-12H,4,7-8,13-14H2,1H3. The molecule has 4 nitrogen and oxygen atoms in total. The Hall–Kier alpha value is -2.83. The van der Waals surface area contributed by atoms with Gasteiger partial charge in [-0.05, 0) is 54.3 Å². The summed E-state index contributed by atoms with van der Waals surface area (Å²) in [6.45, 7) is 1.70. The van der Waals surface area contributed by atoms with E-state index in [9.17, 15) is 31.1 Å². The van der Waals surface area contributed by atoms with Crippen molar-refractivity contribution in [1.29, 1.82) is 0 Å². The van der Waals surface area contributed by atoms with Crippen LogP contribution in [0.5, 0.6) is 5.88 Å². The smallest absolute Gasteiger partial charge is 0.416 e. The van der Waals surface area contributed by atoms with E-state index in [0.717, 1.165) is 11.1 Å². The summed E-state index contributed by atoms with van der Waals surface area (Å²) in [5, 5.41) is 0. The first-order valence-corrected chi connectivity index (χ1v) is 12.8. The maximum absolute atomic E-state index is 13.8. The molecule has 3 aromatic rings. The Morgan fingerprint density at radius 2 is 1.62 bits per heavy atom. The number of rotatable bonds is 4. The highest BCUT2D eigenvalue weighted by atomic mass is 127. The summed E-state index contributed by atoms with van der Waals surface area (Å²) < 4.78 is 86.6. The van der Waals surface area contributed by atoms with Crippen LogP contribution in [0, 0.1) is 6.92 Å². The molecular weight excluding hydrogens is 613 g/mol. The van der Waals surface area contributed by atoms with Gasteiger partial charge in [0.05, 0.1) is 23.4 Å². The quantitative estimate of drug-likeness (QED) is 0.170. The van der Waals surface area contributed by atoms with Gasteiger partial charge in [0.2, 0.25) is 5.88 Å². The number of aryl methyl sites for hydroxylation is 1. The minimum Gasteiger partial charge on any atom is -0.477 e. The van der Waals surface area contributed by atoms with E-state index >= 15 is 0 Å². The van der Waals surface area contributed by atoms with Crippen LogP contribution < -0.4 is 4.74 Å². The molecule has 0 saturated heterocycles. The monoisotopic (exact) mass is 634 g/mol. The first-order valence-electron chi connectivity index (χ1n) is 11.2. The van der Waals surface area contributed by atoms with Crippen LogP contribution in [0.15, 0.2) is 48.5 Å². The van der Waals surface area contributed by atoms with Crippen molar-refractivity contribution in [2.75, 3.05) is 13.2 Å². The maximum atomic E-state index is 13.8. The van der Waals surface area contributed by atoms with E-state index in [0.29, 0.717) is 34.2 Å². The molecule has 0 aliphatic carbocycles. The van der Waals surface area contributed by atoms with Gasteiger partial charge in [0.25, 0.3) is 5.91 Å². The van der Waals surface area contributed by atoms with Crippen molar-refractivity contribution in [2.24, 2.45) is 0 Å². The van der Waals surface area contributed by atoms with Gasteiger partial charge in [0, 0.05) is 23.1 Å². The van der Waals surface area contributed by atoms with E-state index in [2.05, 4.69) is 27.6 Å². The first-order chi connectivity index (χ1) is 17.4. The Kier molecular flexibility index (Phi) is 7.72. The zero-order chi connectivity index (χ0) is 27.0. The summed E-state index contributed by atoms with van der Waals surface area (Å²) in [4.78, 5) is 19.5. The number of alkyl halides is 7. The summed E-state index contributed by atoms with van der Waals surface area (Å²) in [5.74, 6) is -0.478. The molecule has 2 aromatic carbocycles. The fourth-order valence-electron chi connectivity index (χ4n) is 4.21. The molecule has 11 heteroatoms. The fraction of sp³-hybridized carbons (Fsp3) is 0.308. The lowest BCUT2D eigenvalue weighted by molar-refractivity contribution is -0.143.